The predicted molar refractivity (Wildman–Crippen MR) is 191 cm³/mol. The summed E-state index contributed by atoms with van der Waals surface area (Å²) in [7, 11) is 0. The van der Waals surface area contributed by atoms with Crippen LogP contribution in [0.25, 0.3) is 0 Å². The number of alkyl carbamates (subject to hydrolysis) is 1. The number of ketones is 1. The van der Waals surface area contributed by atoms with Gasteiger partial charge in [-0.3, -0.25) is 14.4 Å². The van der Waals surface area contributed by atoms with E-state index >= 15 is 0 Å². The Morgan fingerprint density at radius 3 is 2.08 bits per heavy atom. The Bertz CT molecular complexity index is 1450. The monoisotopic (exact) mass is 673 g/mol. The zero-order chi connectivity index (χ0) is 35.5. The zero-order valence-electron chi connectivity index (χ0n) is 28.6. The number of carbonyl (C=O) groups excluding carboxylic acids is 4. The van der Waals surface area contributed by atoms with Gasteiger partial charge in [-0.05, 0) is 75.6 Å². The minimum absolute atomic E-state index is 0.122. The predicted octanol–water partition coefficient (Wildman–Crippen LogP) is 4.17. The van der Waals surface area contributed by atoms with E-state index in [4.69, 9.17) is 10.5 Å². The number of benzene rings is 3. The maximum absolute atomic E-state index is 13.6. The minimum Gasteiger partial charge on any atom is -0.445 e. The van der Waals surface area contributed by atoms with E-state index in [1.165, 1.54) is 12.5 Å². The Morgan fingerprint density at radius 2 is 1.45 bits per heavy atom. The van der Waals surface area contributed by atoms with Crippen molar-refractivity contribution in [1.82, 2.24) is 16.0 Å². The average Bonchev–Trinajstić information content (AvgIpc) is 3.11. The topological polar surface area (TPSA) is 172 Å². The second kappa shape index (κ2) is 20.6. The number of nitrogens with one attached hydrogen (secondary N) is 4. The fourth-order valence-corrected chi connectivity index (χ4v) is 5.22. The molecule has 3 rings (SSSR count). The van der Waals surface area contributed by atoms with Crippen molar-refractivity contribution in [2.24, 2.45) is 5.73 Å². The number of unbranched alkanes of at least 4 members (excludes halogenated alkanes) is 2. The first-order chi connectivity index (χ1) is 23.6. The smallest absolute Gasteiger partial charge is 0.407 e. The van der Waals surface area contributed by atoms with E-state index in [0.717, 1.165) is 16.8 Å². The SMILES string of the molecule is CC(=O)[C@@](N)(CCCCNc1ccc(C)cc1)C(=O)N[C@@H](Cc1ccccc1)C(=O)N[C@H](CO)CCCCNC(=O)OCc1ccccc1. The number of hydrogen-bond donors (Lipinski definition) is 6. The molecule has 0 fully saturated rings. The molecule has 3 atom stereocenters. The standard InChI is InChI=1S/C38H51N5O6/c1-28-18-20-32(21-19-28)40-23-12-10-22-38(39,29(2)45)36(47)43-34(25-30-13-5-3-6-14-30)35(46)42-33(26-44)17-9-11-24-41-37(48)49-27-31-15-7-4-8-16-31/h3-8,13-16,18-21,33-34,40,44H,9-12,17,22-27,39H2,1-2H3,(H,41,48)(H,42,46)(H,43,47)/t33-,34-,38-/m0/s1. The van der Waals surface area contributed by atoms with Crippen LogP contribution < -0.4 is 27.0 Å². The van der Waals surface area contributed by atoms with E-state index in [2.05, 4.69) is 21.3 Å². The Kier molecular flexibility index (Phi) is 16.3. The number of anilines is 1. The van der Waals surface area contributed by atoms with Gasteiger partial charge in [0.05, 0.1) is 12.6 Å². The first-order valence-electron chi connectivity index (χ1n) is 16.9. The molecule has 11 heteroatoms. The number of aliphatic hydroxyl groups excluding tert-OH is 1. The number of rotatable bonds is 21. The van der Waals surface area contributed by atoms with Crippen molar-refractivity contribution >= 4 is 29.4 Å². The van der Waals surface area contributed by atoms with Gasteiger partial charge in [0.1, 0.15) is 12.6 Å². The number of ether oxygens (including phenoxy) is 1. The van der Waals surface area contributed by atoms with Gasteiger partial charge in [-0.1, -0.05) is 78.4 Å². The Morgan fingerprint density at radius 1 is 0.816 bits per heavy atom. The fraction of sp³-hybridized carbons (Fsp3) is 0.421. The molecule has 0 heterocycles. The summed E-state index contributed by atoms with van der Waals surface area (Å²) < 4.78 is 5.21. The summed E-state index contributed by atoms with van der Waals surface area (Å²) in [4.78, 5) is 51.8. The van der Waals surface area contributed by atoms with Gasteiger partial charge in [0.15, 0.2) is 11.3 Å². The van der Waals surface area contributed by atoms with Crippen molar-refractivity contribution in [3.8, 4) is 0 Å². The van der Waals surface area contributed by atoms with E-state index in [-0.39, 0.29) is 26.1 Å². The van der Waals surface area contributed by atoms with E-state index in [1.807, 2.05) is 91.9 Å². The summed E-state index contributed by atoms with van der Waals surface area (Å²) in [5, 5.41) is 21.6. The third-order valence-electron chi connectivity index (χ3n) is 8.34. The maximum Gasteiger partial charge on any atom is 0.407 e. The van der Waals surface area contributed by atoms with Crippen LogP contribution in [0.15, 0.2) is 84.9 Å². The lowest BCUT2D eigenvalue weighted by molar-refractivity contribution is -0.138. The molecule has 0 bridgehead atoms. The van der Waals surface area contributed by atoms with Gasteiger partial charge in [0, 0.05) is 25.2 Å². The third kappa shape index (κ3) is 13.7. The van der Waals surface area contributed by atoms with E-state index in [0.29, 0.717) is 45.2 Å². The Balaban J connectivity index is 1.51. The van der Waals surface area contributed by atoms with Gasteiger partial charge in [0.2, 0.25) is 11.8 Å². The van der Waals surface area contributed by atoms with E-state index in [9.17, 15) is 24.3 Å². The van der Waals surface area contributed by atoms with Gasteiger partial charge in [-0.25, -0.2) is 4.79 Å². The maximum atomic E-state index is 13.6. The average molecular weight is 674 g/mol. The van der Waals surface area contributed by atoms with Crippen molar-refractivity contribution in [2.45, 2.75) is 83.0 Å². The number of aryl methyl sites for hydroxylation is 1. The molecule has 49 heavy (non-hydrogen) atoms. The molecule has 0 aliphatic rings. The van der Waals surface area contributed by atoms with Crippen molar-refractivity contribution in [1.29, 1.82) is 0 Å². The normalized spacial score (nSPS) is 13.3. The highest BCUT2D eigenvalue weighted by atomic mass is 16.5. The van der Waals surface area contributed by atoms with Crippen LogP contribution in [0, 0.1) is 6.92 Å². The van der Waals surface area contributed by atoms with Crippen molar-refractivity contribution in [2.75, 3.05) is 25.0 Å². The number of carbonyl (C=O) groups is 4. The highest BCUT2D eigenvalue weighted by Gasteiger charge is 2.40. The second-order valence-corrected chi connectivity index (χ2v) is 12.4. The zero-order valence-corrected chi connectivity index (χ0v) is 28.6. The Hall–Kier alpha value is -4.74. The largest absolute Gasteiger partial charge is 0.445 e. The first-order valence-corrected chi connectivity index (χ1v) is 16.9. The van der Waals surface area contributed by atoms with Gasteiger partial charge in [-0.2, -0.15) is 0 Å². The highest BCUT2D eigenvalue weighted by molar-refractivity contribution is 6.10. The third-order valence-corrected chi connectivity index (χ3v) is 8.34. The fourth-order valence-electron chi connectivity index (χ4n) is 5.22. The number of hydrogen-bond acceptors (Lipinski definition) is 8. The van der Waals surface area contributed by atoms with Gasteiger partial charge >= 0.3 is 6.09 Å². The minimum atomic E-state index is -1.80. The van der Waals surface area contributed by atoms with Crippen LogP contribution in [0.5, 0.6) is 0 Å². The molecule has 11 nitrogen and oxygen atoms in total. The Labute approximate surface area is 289 Å². The van der Waals surface area contributed by atoms with Crippen LogP contribution in [0.1, 0.15) is 62.1 Å². The molecule has 0 aliphatic carbocycles. The summed E-state index contributed by atoms with van der Waals surface area (Å²) in [5.74, 6) is -1.69. The molecule has 0 radical (unpaired) electrons. The van der Waals surface area contributed by atoms with Gasteiger partial charge < -0.3 is 36.8 Å². The van der Waals surface area contributed by atoms with Crippen LogP contribution >= 0.6 is 0 Å². The number of aliphatic hydroxyl groups is 1. The molecule has 0 aliphatic heterocycles. The molecule has 7 N–H and O–H groups in total. The highest BCUT2D eigenvalue weighted by Crippen LogP contribution is 2.16. The molecule has 0 saturated carbocycles. The van der Waals surface area contributed by atoms with Crippen LogP contribution in [-0.2, 0) is 32.1 Å². The van der Waals surface area contributed by atoms with Crippen LogP contribution in [0.2, 0.25) is 0 Å². The van der Waals surface area contributed by atoms with Gasteiger partial charge in [-0.15, -0.1) is 0 Å². The van der Waals surface area contributed by atoms with E-state index in [1.54, 1.807) is 0 Å². The quantitative estimate of drug-likeness (QED) is 0.0723. The summed E-state index contributed by atoms with van der Waals surface area (Å²) >= 11 is 0. The molecule has 0 aromatic heterocycles. The number of Topliss-reactive ketones (excluding diaryl/α,β-unsaturated/α-hetero) is 1. The lowest BCUT2D eigenvalue weighted by atomic mass is 9.88. The van der Waals surface area contributed by atoms with Gasteiger partial charge in [0.25, 0.3) is 0 Å². The molecule has 3 amide bonds. The van der Waals surface area contributed by atoms with Crippen LogP contribution in [0.3, 0.4) is 0 Å². The molecule has 0 saturated heterocycles. The summed E-state index contributed by atoms with van der Waals surface area (Å²) in [5.41, 5.74) is 8.49. The first kappa shape index (κ1) is 38.7. The molecule has 0 spiro atoms. The van der Waals surface area contributed by atoms with Crippen molar-refractivity contribution in [3.05, 3.63) is 102 Å². The molecule has 3 aromatic rings. The molecular weight excluding hydrogens is 622 g/mol. The number of nitrogens with two attached hydrogens (primary N) is 1. The molecule has 0 unspecified atom stereocenters. The lowest BCUT2D eigenvalue weighted by Gasteiger charge is -2.29. The summed E-state index contributed by atoms with van der Waals surface area (Å²) in [6.07, 6.45) is 2.63. The molecule has 264 valence electrons. The van der Waals surface area contributed by atoms with Crippen molar-refractivity contribution in [3.63, 3.8) is 0 Å². The van der Waals surface area contributed by atoms with Crippen molar-refractivity contribution < 1.29 is 29.0 Å². The summed E-state index contributed by atoms with van der Waals surface area (Å²) in [6.45, 7) is 4.20. The summed E-state index contributed by atoms with van der Waals surface area (Å²) in [6, 6.07) is 25.0. The number of amides is 3. The van der Waals surface area contributed by atoms with Crippen LogP contribution in [0.4, 0.5) is 10.5 Å². The molecule has 3 aromatic carbocycles. The second-order valence-electron chi connectivity index (χ2n) is 12.4. The molecular formula is C38H51N5O6. The van der Waals surface area contributed by atoms with E-state index < -0.39 is 41.3 Å². The lowest BCUT2D eigenvalue weighted by Crippen LogP contribution is -2.63. The van der Waals surface area contributed by atoms with Crippen LogP contribution in [-0.4, -0.2) is 66.1 Å².